The fourth-order valence-corrected chi connectivity index (χ4v) is 7.70. The molecule has 0 radical (unpaired) electrons. The first-order chi connectivity index (χ1) is 25.2. The van der Waals surface area contributed by atoms with Gasteiger partial charge in [0.25, 0.3) is 5.92 Å². The molecule has 20 heteroatoms. The predicted octanol–water partition coefficient (Wildman–Crippen LogP) is 5.77. The highest BCUT2D eigenvalue weighted by Crippen LogP contribution is 2.68. The maximum atomic E-state index is 15.3. The number of pyridine rings is 1. The fourth-order valence-electron chi connectivity index (χ4n) is 7.20. The van der Waals surface area contributed by atoms with E-state index in [-0.39, 0.29) is 41.2 Å². The minimum Gasteiger partial charge on any atom is -0.346 e. The smallest absolute Gasteiger partial charge is 0.346 e. The zero-order valence-electron chi connectivity index (χ0n) is 28.4. The Labute approximate surface area is 301 Å². The molecular weight excluding hydrogens is 749 g/mol. The Hall–Kier alpha value is -5.53. The van der Waals surface area contributed by atoms with Crippen molar-refractivity contribution in [2.45, 2.75) is 50.4 Å². The summed E-state index contributed by atoms with van der Waals surface area (Å²) < 4.78 is 130. The Morgan fingerprint density at radius 1 is 1.06 bits per heavy atom. The number of carbonyl (C=O) groups excluding carboxylic acids is 2. The standard InChI is InChI=1S/C34H29F7N8O4S/c1-15(50)43-19-11-22(20-5-4-6-21-29(20)48(2)46-32(21)47-54(3,52)53)28(42-13-19)25(9-16-7-17(35)10-18(36)8-16)44-26(51)14-49-31-27(30(45-49)34(39,40)41)23-12-24(23)33(31,37)38/h4-8,10-11,13,23-25H,9,12,14H2,1-3H3,(H,43,50)(H,44,51)(H,46,47). The number of nitrogens with zero attached hydrogens (tertiary/aromatic N) is 5. The number of aromatic nitrogens is 5. The lowest BCUT2D eigenvalue weighted by molar-refractivity contribution is -0.142. The predicted molar refractivity (Wildman–Crippen MR) is 180 cm³/mol. The third-order valence-electron chi connectivity index (χ3n) is 9.20. The number of sulfonamides is 1. The molecule has 3 heterocycles. The SMILES string of the molecule is CC(=O)Nc1cnc(C(Cc2cc(F)cc(F)c2)NC(=O)Cn2nc(C(F)(F)F)c3c2C(F)(F)C2CC32)c(-c2cccc3c(NS(C)(=O)=O)nn(C)c23)c1. The average molecular weight is 779 g/mol. The number of hydrogen-bond acceptors (Lipinski definition) is 7. The molecule has 0 spiro atoms. The van der Waals surface area contributed by atoms with Crippen molar-refractivity contribution in [2.75, 3.05) is 16.3 Å². The van der Waals surface area contributed by atoms with Gasteiger partial charge in [0.2, 0.25) is 21.8 Å². The lowest BCUT2D eigenvalue weighted by Gasteiger charge is -2.23. The van der Waals surface area contributed by atoms with Crippen LogP contribution in [0.3, 0.4) is 0 Å². The molecule has 2 amide bonds. The Kier molecular flexibility index (Phi) is 8.73. The average Bonchev–Trinajstić information content (AvgIpc) is 3.59. The fraction of sp³-hybridized carbons (Fsp3) is 0.324. The maximum Gasteiger partial charge on any atom is 0.435 e. The molecule has 1 fully saturated rings. The van der Waals surface area contributed by atoms with Crippen molar-refractivity contribution in [1.29, 1.82) is 0 Å². The van der Waals surface area contributed by atoms with Crippen LogP contribution in [0.2, 0.25) is 0 Å². The van der Waals surface area contributed by atoms with E-state index in [1.807, 2.05) is 0 Å². The third kappa shape index (κ3) is 6.85. The van der Waals surface area contributed by atoms with E-state index in [0.717, 1.165) is 18.4 Å². The normalized spacial score (nSPS) is 17.9. The molecule has 0 saturated heterocycles. The number of fused-ring (bicyclic) bond motifs is 4. The topological polar surface area (TPSA) is 153 Å². The lowest BCUT2D eigenvalue weighted by Crippen LogP contribution is -2.35. The summed E-state index contributed by atoms with van der Waals surface area (Å²) in [7, 11) is -2.26. The molecule has 2 aliphatic rings. The molecule has 0 aliphatic heterocycles. The molecule has 284 valence electrons. The summed E-state index contributed by atoms with van der Waals surface area (Å²) in [6, 6.07) is 7.49. The van der Waals surface area contributed by atoms with E-state index >= 15 is 8.78 Å². The zero-order valence-corrected chi connectivity index (χ0v) is 29.2. The lowest BCUT2D eigenvalue weighted by atomic mass is 9.94. The summed E-state index contributed by atoms with van der Waals surface area (Å²) in [6.45, 7) is 0.169. The van der Waals surface area contributed by atoms with Gasteiger partial charge in [-0.25, -0.2) is 17.2 Å². The Balaban J connectivity index is 1.35. The number of amides is 2. The van der Waals surface area contributed by atoms with Crippen LogP contribution >= 0.6 is 0 Å². The Morgan fingerprint density at radius 3 is 2.41 bits per heavy atom. The summed E-state index contributed by atoms with van der Waals surface area (Å²) in [4.78, 5) is 30.3. The summed E-state index contributed by atoms with van der Waals surface area (Å²) >= 11 is 0. The van der Waals surface area contributed by atoms with Crippen molar-refractivity contribution in [3.05, 3.63) is 88.5 Å². The van der Waals surface area contributed by atoms with Gasteiger partial charge in [0.05, 0.1) is 35.4 Å². The quantitative estimate of drug-likeness (QED) is 0.152. The molecule has 3 aromatic heterocycles. The van der Waals surface area contributed by atoms with Crippen LogP contribution in [0.4, 0.5) is 42.2 Å². The molecule has 3 unspecified atom stereocenters. The summed E-state index contributed by atoms with van der Waals surface area (Å²) in [5, 5.41) is 13.2. The molecule has 0 bridgehead atoms. The highest BCUT2D eigenvalue weighted by molar-refractivity contribution is 7.92. The van der Waals surface area contributed by atoms with Gasteiger partial charge < -0.3 is 10.6 Å². The van der Waals surface area contributed by atoms with Crippen LogP contribution in [0.25, 0.3) is 22.0 Å². The first kappa shape index (κ1) is 36.8. The number of carbonyl (C=O) groups is 2. The van der Waals surface area contributed by atoms with Gasteiger partial charge in [0.15, 0.2) is 11.5 Å². The molecule has 54 heavy (non-hydrogen) atoms. The molecule has 3 N–H and O–H groups in total. The minimum absolute atomic E-state index is 0.0147. The van der Waals surface area contributed by atoms with Crippen molar-refractivity contribution in [1.82, 2.24) is 29.9 Å². The van der Waals surface area contributed by atoms with Crippen LogP contribution in [-0.2, 0) is 51.7 Å². The number of para-hydroxylation sites is 1. The molecule has 5 aromatic rings. The van der Waals surface area contributed by atoms with Gasteiger partial charge in [-0.05, 0) is 48.6 Å². The molecule has 7 rings (SSSR count). The number of benzene rings is 2. The number of alkyl halides is 5. The number of rotatable bonds is 10. The number of nitrogens with one attached hydrogen (secondary N) is 3. The number of aryl methyl sites for hydroxylation is 1. The first-order valence-electron chi connectivity index (χ1n) is 16.2. The molecule has 2 aromatic carbocycles. The summed E-state index contributed by atoms with van der Waals surface area (Å²) in [6.07, 6.45) is -3.42. The zero-order chi connectivity index (χ0) is 39.1. The van der Waals surface area contributed by atoms with Crippen molar-refractivity contribution in [3.63, 3.8) is 0 Å². The number of halogens is 7. The van der Waals surface area contributed by atoms with Crippen LogP contribution in [0.15, 0.2) is 48.7 Å². The largest absolute Gasteiger partial charge is 0.435 e. The van der Waals surface area contributed by atoms with Gasteiger partial charge in [-0.3, -0.25) is 28.7 Å². The number of hydrogen-bond donors (Lipinski definition) is 3. The van der Waals surface area contributed by atoms with Gasteiger partial charge in [0, 0.05) is 48.0 Å². The van der Waals surface area contributed by atoms with Crippen LogP contribution in [0.5, 0.6) is 0 Å². The van der Waals surface area contributed by atoms with Gasteiger partial charge >= 0.3 is 6.18 Å². The monoisotopic (exact) mass is 778 g/mol. The van der Waals surface area contributed by atoms with Crippen molar-refractivity contribution in [3.8, 4) is 11.1 Å². The molecule has 2 aliphatic carbocycles. The van der Waals surface area contributed by atoms with E-state index in [0.29, 0.717) is 27.2 Å². The summed E-state index contributed by atoms with van der Waals surface area (Å²) in [5.74, 6) is -9.55. The third-order valence-corrected chi connectivity index (χ3v) is 9.76. The number of anilines is 2. The van der Waals surface area contributed by atoms with E-state index in [9.17, 15) is 40.0 Å². The Morgan fingerprint density at radius 2 is 1.76 bits per heavy atom. The summed E-state index contributed by atoms with van der Waals surface area (Å²) in [5.41, 5.74) is -2.03. The Bertz CT molecular complexity index is 2460. The van der Waals surface area contributed by atoms with Crippen LogP contribution in [0.1, 0.15) is 53.5 Å². The van der Waals surface area contributed by atoms with Crippen LogP contribution in [-0.4, -0.2) is 51.0 Å². The van der Waals surface area contributed by atoms with Gasteiger partial charge in [-0.15, -0.1) is 0 Å². The van der Waals surface area contributed by atoms with E-state index < -0.39 is 86.9 Å². The second kappa shape index (κ2) is 12.8. The van der Waals surface area contributed by atoms with Gasteiger partial charge in [-0.1, -0.05) is 12.1 Å². The minimum atomic E-state index is -5.07. The highest BCUT2D eigenvalue weighted by Gasteiger charge is 2.68. The highest BCUT2D eigenvalue weighted by atomic mass is 32.2. The van der Waals surface area contributed by atoms with Crippen molar-refractivity contribution in [2.24, 2.45) is 13.0 Å². The van der Waals surface area contributed by atoms with Gasteiger partial charge in [-0.2, -0.15) is 32.1 Å². The molecule has 12 nitrogen and oxygen atoms in total. The molecular formula is C34H29F7N8O4S. The van der Waals surface area contributed by atoms with E-state index in [1.54, 1.807) is 18.2 Å². The van der Waals surface area contributed by atoms with Crippen molar-refractivity contribution >= 4 is 44.2 Å². The van der Waals surface area contributed by atoms with Gasteiger partial charge in [0.1, 0.15) is 23.9 Å². The second-order valence-corrected chi connectivity index (χ2v) is 15.1. The molecule has 1 saturated carbocycles. The van der Waals surface area contributed by atoms with E-state index in [4.69, 9.17) is 0 Å². The maximum absolute atomic E-state index is 15.3. The van der Waals surface area contributed by atoms with Crippen LogP contribution < -0.4 is 15.4 Å². The first-order valence-corrected chi connectivity index (χ1v) is 18.1. The van der Waals surface area contributed by atoms with Crippen LogP contribution in [0, 0.1) is 17.6 Å². The van der Waals surface area contributed by atoms with E-state index in [1.165, 1.54) is 30.9 Å². The molecule has 3 atom stereocenters. The second-order valence-electron chi connectivity index (χ2n) is 13.3. The van der Waals surface area contributed by atoms with Crippen molar-refractivity contribution < 1.29 is 48.7 Å². The van der Waals surface area contributed by atoms with E-state index in [2.05, 4.69) is 30.5 Å².